The Kier molecular flexibility index (Phi) is 9.88. The molecule has 6 unspecified atom stereocenters. The number of hydrogen-bond acceptors (Lipinski definition) is 7. The molecule has 0 spiro atoms. The monoisotopic (exact) mass is 724 g/mol. The highest BCUT2D eigenvalue weighted by molar-refractivity contribution is 5.88. The number of aromatic amines is 2. The molecule has 14 nitrogen and oxygen atoms in total. The Bertz CT molecular complexity index is 2000. The Labute approximate surface area is 308 Å². The molecule has 280 valence electrons. The summed E-state index contributed by atoms with van der Waals surface area (Å²) in [5, 5.41) is 14.4. The number of piperidine rings is 1. The van der Waals surface area contributed by atoms with Crippen molar-refractivity contribution < 1.29 is 29.0 Å². The zero-order valence-electron chi connectivity index (χ0n) is 30.8. The summed E-state index contributed by atoms with van der Waals surface area (Å²) >= 11 is 0. The number of carbonyl (C=O) groups excluding carboxylic acids is 3. The van der Waals surface area contributed by atoms with Gasteiger partial charge in [0.25, 0.3) is 0 Å². The van der Waals surface area contributed by atoms with Gasteiger partial charge in [0.15, 0.2) is 0 Å². The third kappa shape index (κ3) is 6.94. The molecule has 2 aromatic heterocycles. The molecule has 53 heavy (non-hydrogen) atoms. The molecule has 2 saturated heterocycles. The highest BCUT2D eigenvalue weighted by atomic mass is 16.5. The number of ether oxygens (including phenoxy) is 1. The number of alkyl carbamates (subject to hydrolysis) is 1. The van der Waals surface area contributed by atoms with Gasteiger partial charge in [0, 0.05) is 12.6 Å². The molecule has 1 saturated carbocycles. The van der Waals surface area contributed by atoms with Gasteiger partial charge in [0.05, 0.1) is 42.1 Å². The van der Waals surface area contributed by atoms with Gasteiger partial charge < -0.3 is 40.2 Å². The first-order valence-electron chi connectivity index (χ1n) is 18.6. The second kappa shape index (κ2) is 14.6. The number of aromatic nitrogens is 4. The van der Waals surface area contributed by atoms with Gasteiger partial charge in [0.1, 0.15) is 23.7 Å². The van der Waals surface area contributed by atoms with E-state index in [0.29, 0.717) is 18.3 Å². The number of methoxy groups -OCH3 is 1. The smallest absolute Gasteiger partial charge is 0.407 e. The zero-order valence-corrected chi connectivity index (χ0v) is 30.8. The number of likely N-dealkylation sites (tertiary alicyclic amines) is 2. The molecular weight excluding hydrogens is 676 g/mol. The van der Waals surface area contributed by atoms with E-state index in [1.165, 1.54) is 7.11 Å². The maximum Gasteiger partial charge on any atom is 0.407 e. The maximum absolute atomic E-state index is 13.9. The van der Waals surface area contributed by atoms with Crippen LogP contribution in [0.25, 0.3) is 33.4 Å². The summed E-state index contributed by atoms with van der Waals surface area (Å²) in [5.41, 5.74) is 5.50. The molecule has 1 aliphatic carbocycles. The SMILES string of the molecule is COC(=O)NC(C(=O)N1C2CCC(C2)C1c1ncc(-c2ccc(-c3ccc4nc(C5CCCN5C(=O)C(NC(=O)O)C(C)C)[nH]c4c3)cc2)[nH]1)C(C)C. The first kappa shape index (κ1) is 36.0. The van der Waals surface area contributed by atoms with Crippen molar-refractivity contribution in [3.05, 3.63) is 60.3 Å². The van der Waals surface area contributed by atoms with Crippen LogP contribution in [0.4, 0.5) is 9.59 Å². The van der Waals surface area contributed by atoms with Crippen molar-refractivity contribution in [2.75, 3.05) is 13.7 Å². The van der Waals surface area contributed by atoms with E-state index in [9.17, 15) is 24.3 Å². The van der Waals surface area contributed by atoms with E-state index in [4.69, 9.17) is 14.7 Å². The van der Waals surface area contributed by atoms with Crippen LogP contribution in [0.2, 0.25) is 0 Å². The van der Waals surface area contributed by atoms with Crippen molar-refractivity contribution >= 4 is 35.0 Å². The Balaban J connectivity index is 1.07. The lowest BCUT2D eigenvalue weighted by atomic mass is 9.95. The van der Waals surface area contributed by atoms with E-state index >= 15 is 0 Å². The van der Waals surface area contributed by atoms with E-state index in [-0.39, 0.29) is 41.8 Å². The molecule has 3 aliphatic rings. The summed E-state index contributed by atoms with van der Waals surface area (Å²) in [6.07, 6.45) is 4.44. The topological polar surface area (TPSA) is 186 Å². The highest BCUT2D eigenvalue weighted by Crippen LogP contribution is 2.50. The number of H-pyrrole nitrogens is 2. The largest absolute Gasteiger partial charge is 0.465 e. The van der Waals surface area contributed by atoms with Gasteiger partial charge in [-0.1, -0.05) is 58.0 Å². The summed E-state index contributed by atoms with van der Waals surface area (Å²) in [7, 11) is 1.30. The lowest BCUT2D eigenvalue weighted by Crippen LogP contribution is -2.54. The van der Waals surface area contributed by atoms with E-state index in [0.717, 1.165) is 71.3 Å². The third-order valence-electron chi connectivity index (χ3n) is 11.2. The van der Waals surface area contributed by atoms with Crippen LogP contribution < -0.4 is 10.6 Å². The fourth-order valence-corrected chi connectivity index (χ4v) is 8.50. The van der Waals surface area contributed by atoms with Gasteiger partial charge in [-0.05, 0) is 78.7 Å². The van der Waals surface area contributed by atoms with Gasteiger partial charge in [-0.15, -0.1) is 0 Å². The van der Waals surface area contributed by atoms with E-state index in [2.05, 4.69) is 38.8 Å². The predicted molar refractivity (Wildman–Crippen MR) is 197 cm³/mol. The molecule has 2 bridgehead atoms. The molecule has 6 atom stereocenters. The molecule has 4 aromatic rings. The van der Waals surface area contributed by atoms with Gasteiger partial charge >= 0.3 is 12.2 Å². The molecule has 0 radical (unpaired) electrons. The minimum absolute atomic E-state index is 0.104. The molecule has 2 aromatic carbocycles. The normalized spacial score (nSPS) is 22.1. The Morgan fingerprint density at radius 1 is 0.868 bits per heavy atom. The number of imidazole rings is 2. The standard InChI is InChI=1S/C39H48N8O6/c1-20(2)31(44-38(50)51)36(48)46-16-6-7-30(46)34-41-27-15-13-24(18-28(27)42-34)22-8-10-23(11-9-22)29-19-40-35(43-29)33-25-12-14-26(17-25)47(33)37(49)32(21(3)4)45-39(52)53-5/h8-11,13,15,18-21,25-26,30-33,44H,6-7,12,14,16-17H2,1-5H3,(H,40,43)(H,41,42)(H,45,52)(H,50,51). The highest BCUT2D eigenvalue weighted by Gasteiger charge is 2.51. The molecule has 3 fully saturated rings. The summed E-state index contributed by atoms with van der Waals surface area (Å²) in [6.45, 7) is 8.05. The lowest BCUT2D eigenvalue weighted by molar-refractivity contribution is -0.139. The average Bonchev–Trinajstić information content (AvgIpc) is 3.99. The van der Waals surface area contributed by atoms with E-state index in [1.807, 2.05) is 63.1 Å². The molecule has 7 rings (SSSR count). The predicted octanol–water partition coefficient (Wildman–Crippen LogP) is 6.01. The van der Waals surface area contributed by atoms with Crippen LogP contribution in [-0.4, -0.2) is 90.6 Å². The minimum Gasteiger partial charge on any atom is -0.465 e. The van der Waals surface area contributed by atoms with Gasteiger partial charge in [-0.2, -0.15) is 0 Å². The van der Waals surface area contributed by atoms with Crippen molar-refractivity contribution in [3.8, 4) is 22.4 Å². The Morgan fingerprint density at radius 3 is 2.26 bits per heavy atom. The Hall–Kier alpha value is -5.40. The van der Waals surface area contributed by atoms with E-state index in [1.54, 1.807) is 4.90 Å². The first-order chi connectivity index (χ1) is 25.4. The van der Waals surface area contributed by atoms with Gasteiger partial charge in [0.2, 0.25) is 11.8 Å². The molecule has 5 N–H and O–H groups in total. The van der Waals surface area contributed by atoms with Crippen LogP contribution >= 0.6 is 0 Å². The number of nitrogens with zero attached hydrogens (tertiary/aromatic N) is 4. The van der Waals surface area contributed by atoms with Crippen LogP contribution in [0, 0.1) is 17.8 Å². The zero-order chi connectivity index (χ0) is 37.6. The second-order valence-corrected chi connectivity index (χ2v) is 15.2. The number of fused-ring (bicyclic) bond motifs is 3. The fourth-order valence-electron chi connectivity index (χ4n) is 8.50. The number of hydrogen-bond donors (Lipinski definition) is 5. The number of carbonyl (C=O) groups is 4. The van der Waals surface area contributed by atoms with Crippen LogP contribution in [-0.2, 0) is 14.3 Å². The van der Waals surface area contributed by atoms with Gasteiger partial charge in [-0.3, -0.25) is 9.59 Å². The average molecular weight is 725 g/mol. The number of nitrogens with one attached hydrogen (secondary N) is 4. The van der Waals surface area contributed by atoms with Crippen molar-refractivity contribution in [3.63, 3.8) is 0 Å². The lowest BCUT2D eigenvalue weighted by Gasteiger charge is -2.37. The third-order valence-corrected chi connectivity index (χ3v) is 11.2. The number of benzene rings is 2. The second-order valence-electron chi connectivity index (χ2n) is 15.2. The van der Waals surface area contributed by atoms with E-state index < -0.39 is 24.3 Å². The number of rotatable bonds is 10. The van der Waals surface area contributed by atoms with Crippen molar-refractivity contribution in [1.29, 1.82) is 0 Å². The molecule has 14 heteroatoms. The quantitative estimate of drug-likeness (QED) is 0.132. The summed E-state index contributed by atoms with van der Waals surface area (Å²) in [5.74, 6) is 1.12. The molecule has 4 heterocycles. The fraction of sp³-hybridized carbons (Fsp3) is 0.487. The summed E-state index contributed by atoms with van der Waals surface area (Å²) in [6, 6.07) is 12.4. The van der Waals surface area contributed by atoms with Crippen molar-refractivity contribution in [2.24, 2.45) is 17.8 Å². The molecular formula is C39H48N8O6. The number of amides is 4. The molecule has 2 aliphatic heterocycles. The Morgan fingerprint density at radius 2 is 1.57 bits per heavy atom. The molecule has 4 amide bonds. The van der Waals surface area contributed by atoms with Crippen LogP contribution in [0.3, 0.4) is 0 Å². The first-order valence-corrected chi connectivity index (χ1v) is 18.6. The van der Waals surface area contributed by atoms with Gasteiger partial charge in [-0.25, -0.2) is 19.6 Å². The number of carboxylic acid groups (broad SMARTS) is 1. The van der Waals surface area contributed by atoms with Crippen LogP contribution in [0.1, 0.15) is 83.5 Å². The minimum atomic E-state index is -1.21. The van der Waals surface area contributed by atoms with Crippen LogP contribution in [0.5, 0.6) is 0 Å². The van der Waals surface area contributed by atoms with Crippen LogP contribution in [0.15, 0.2) is 48.7 Å². The summed E-state index contributed by atoms with van der Waals surface area (Å²) in [4.78, 5) is 71.1. The van der Waals surface area contributed by atoms with Crippen molar-refractivity contribution in [1.82, 2.24) is 40.4 Å². The van der Waals surface area contributed by atoms with Crippen molar-refractivity contribution in [2.45, 2.75) is 90.0 Å². The summed E-state index contributed by atoms with van der Waals surface area (Å²) < 4.78 is 4.81. The maximum atomic E-state index is 13.9.